The van der Waals surface area contributed by atoms with Crippen molar-refractivity contribution in [1.82, 2.24) is 10.2 Å². The summed E-state index contributed by atoms with van der Waals surface area (Å²) >= 11 is 6.26. The molecule has 4 amide bonds. The number of fused-ring (bicyclic) bond motifs is 3. The zero-order chi connectivity index (χ0) is 27.9. The van der Waals surface area contributed by atoms with Crippen molar-refractivity contribution in [2.75, 3.05) is 30.3 Å². The van der Waals surface area contributed by atoms with E-state index in [1.807, 2.05) is 30.3 Å². The van der Waals surface area contributed by atoms with Crippen LogP contribution in [0.1, 0.15) is 27.9 Å². The van der Waals surface area contributed by atoms with E-state index in [2.05, 4.69) is 16.0 Å². The van der Waals surface area contributed by atoms with Crippen molar-refractivity contribution in [3.05, 3.63) is 88.4 Å². The van der Waals surface area contributed by atoms with Gasteiger partial charge in [-0.3, -0.25) is 19.7 Å². The number of hydrogen-bond donors (Lipinski definition) is 3. The molecule has 0 radical (unpaired) electrons. The van der Waals surface area contributed by atoms with Gasteiger partial charge in [-0.2, -0.15) is 0 Å². The van der Waals surface area contributed by atoms with Crippen LogP contribution in [0, 0.1) is 0 Å². The van der Waals surface area contributed by atoms with E-state index >= 15 is 0 Å². The molecular weight excluding hydrogens is 536 g/mol. The lowest BCUT2D eigenvalue weighted by molar-refractivity contribution is -0.133. The third-order valence-corrected chi connectivity index (χ3v) is 7.54. The first-order chi connectivity index (χ1) is 19.3. The molecule has 2 unspecified atom stereocenters. The molecule has 11 heteroatoms. The van der Waals surface area contributed by atoms with Crippen LogP contribution in [0.2, 0.25) is 5.02 Å². The molecule has 3 aromatic carbocycles. The van der Waals surface area contributed by atoms with Crippen molar-refractivity contribution in [1.29, 1.82) is 0 Å². The monoisotopic (exact) mass is 560 g/mol. The van der Waals surface area contributed by atoms with Gasteiger partial charge in [-0.15, -0.1) is 0 Å². The first kappa shape index (κ1) is 25.7. The van der Waals surface area contributed by atoms with Crippen LogP contribution in [0.25, 0.3) is 0 Å². The number of amides is 4. The van der Waals surface area contributed by atoms with Gasteiger partial charge in [-0.1, -0.05) is 41.9 Å². The maximum absolute atomic E-state index is 13.9. The standard InChI is InChI=1S/C29H25ClN4O6/c30-19-7-9-21-20(14-19)29(40-28(38)33-21)10-11-34(16-29)27(37)23(12-17-4-2-1-3-5-17)32-26(36)18-6-8-22-24(13-18)39-15-25(35)31-22/h1-9,13-14,23H,10-12,15-16H2,(H,31,35)(H,32,36)(H,33,38). The topological polar surface area (TPSA) is 126 Å². The summed E-state index contributed by atoms with van der Waals surface area (Å²) in [5.74, 6) is -0.652. The van der Waals surface area contributed by atoms with Crippen molar-refractivity contribution in [2.45, 2.75) is 24.5 Å². The molecule has 0 aromatic heterocycles. The molecule has 3 N–H and O–H groups in total. The number of nitrogens with zero attached hydrogens (tertiary/aromatic N) is 1. The summed E-state index contributed by atoms with van der Waals surface area (Å²) in [7, 11) is 0. The fraction of sp³-hybridized carbons (Fsp3) is 0.241. The third-order valence-electron chi connectivity index (χ3n) is 7.30. The molecule has 3 aliphatic heterocycles. The van der Waals surface area contributed by atoms with Crippen molar-refractivity contribution >= 4 is 46.8 Å². The number of hydrogen-bond acceptors (Lipinski definition) is 6. The Morgan fingerprint density at radius 1 is 1.02 bits per heavy atom. The van der Waals surface area contributed by atoms with Gasteiger partial charge in [0.2, 0.25) is 5.91 Å². The Balaban J connectivity index is 1.25. The second kappa shape index (κ2) is 10.2. The summed E-state index contributed by atoms with van der Waals surface area (Å²) in [6, 6.07) is 18.3. The van der Waals surface area contributed by atoms with Gasteiger partial charge in [0.05, 0.1) is 17.9 Å². The minimum Gasteiger partial charge on any atom is -0.482 e. The Kier molecular flexibility index (Phi) is 6.55. The van der Waals surface area contributed by atoms with Gasteiger partial charge in [0.15, 0.2) is 12.2 Å². The number of nitrogens with one attached hydrogen (secondary N) is 3. The molecule has 0 aliphatic carbocycles. The molecule has 1 spiro atoms. The van der Waals surface area contributed by atoms with E-state index in [9.17, 15) is 19.2 Å². The molecular formula is C29H25ClN4O6. The Hall–Kier alpha value is -4.57. The number of ether oxygens (including phenoxy) is 2. The molecule has 3 heterocycles. The van der Waals surface area contributed by atoms with Crippen LogP contribution < -0.4 is 20.7 Å². The second-order valence-corrected chi connectivity index (χ2v) is 10.4. The molecule has 0 saturated carbocycles. The van der Waals surface area contributed by atoms with E-state index in [0.717, 1.165) is 5.56 Å². The summed E-state index contributed by atoms with van der Waals surface area (Å²) in [4.78, 5) is 52.8. The van der Waals surface area contributed by atoms with Crippen LogP contribution in [-0.4, -0.2) is 54.5 Å². The van der Waals surface area contributed by atoms with Gasteiger partial charge in [0.25, 0.3) is 11.8 Å². The zero-order valence-corrected chi connectivity index (χ0v) is 22.0. The molecule has 1 saturated heterocycles. The van der Waals surface area contributed by atoms with Crippen LogP contribution in [0.15, 0.2) is 66.7 Å². The van der Waals surface area contributed by atoms with Gasteiger partial charge in [0.1, 0.15) is 11.8 Å². The predicted molar refractivity (Wildman–Crippen MR) is 146 cm³/mol. The highest BCUT2D eigenvalue weighted by Crippen LogP contribution is 2.44. The average molecular weight is 561 g/mol. The Morgan fingerprint density at radius 3 is 2.65 bits per heavy atom. The smallest absolute Gasteiger partial charge is 0.412 e. The van der Waals surface area contributed by atoms with E-state index in [4.69, 9.17) is 21.1 Å². The summed E-state index contributed by atoms with van der Waals surface area (Å²) in [6.45, 7) is 0.310. The van der Waals surface area contributed by atoms with Gasteiger partial charge >= 0.3 is 6.09 Å². The van der Waals surface area contributed by atoms with E-state index in [1.54, 1.807) is 35.2 Å². The van der Waals surface area contributed by atoms with E-state index in [-0.39, 0.29) is 37.0 Å². The predicted octanol–water partition coefficient (Wildman–Crippen LogP) is 3.70. The van der Waals surface area contributed by atoms with Crippen LogP contribution in [0.5, 0.6) is 5.75 Å². The van der Waals surface area contributed by atoms with Crippen LogP contribution in [-0.2, 0) is 26.3 Å². The quantitative estimate of drug-likeness (QED) is 0.437. The summed E-state index contributed by atoms with van der Waals surface area (Å²) in [5.41, 5.74) is 1.89. The van der Waals surface area contributed by atoms with E-state index in [0.29, 0.717) is 40.7 Å². The lowest BCUT2D eigenvalue weighted by atomic mass is 9.90. The molecule has 2 atom stereocenters. The molecule has 3 aromatic rings. The third kappa shape index (κ3) is 4.93. The summed E-state index contributed by atoms with van der Waals surface area (Å²) < 4.78 is 11.2. The number of rotatable bonds is 5. The second-order valence-electron chi connectivity index (χ2n) is 9.97. The van der Waals surface area contributed by atoms with Gasteiger partial charge < -0.3 is 25.0 Å². The lowest BCUT2D eigenvalue weighted by Crippen LogP contribution is -2.50. The Morgan fingerprint density at radius 2 is 1.82 bits per heavy atom. The molecule has 0 bridgehead atoms. The fourth-order valence-corrected chi connectivity index (χ4v) is 5.54. The normalized spacial score (nSPS) is 19.9. The van der Waals surface area contributed by atoms with Crippen molar-refractivity contribution in [3.8, 4) is 5.75 Å². The number of carbonyl (C=O) groups is 4. The van der Waals surface area contributed by atoms with Crippen LogP contribution in [0.4, 0.5) is 16.2 Å². The first-order valence-electron chi connectivity index (χ1n) is 12.8. The highest BCUT2D eigenvalue weighted by molar-refractivity contribution is 6.30. The van der Waals surface area contributed by atoms with Gasteiger partial charge in [-0.05, 0) is 42.0 Å². The Labute approximate surface area is 234 Å². The molecule has 1 fully saturated rings. The van der Waals surface area contributed by atoms with Gasteiger partial charge in [-0.25, -0.2) is 4.79 Å². The maximum atomic E-state index is 13.9. The minimum atomic E-state index is -1.04. The highest BCUT2D eigenvalue weighted by atomic mass is 35.5. The summed E-state index contributed by atoms with van der Waals surface area (Å²) in [6.07, 6.45) is 0.0549. The number of benzene rings is 3. The molecule has 204 valence electrons. The largest absolute Gasteiger partial charge is 0.482 e. The summed E-state index contributed by atoms with van der Waals surface area (Å²) in [5, 5.41) is 8.76. The minimum absolute atomic E-state index is 0.125. The number of halogens is 1. The van der Waals surface area contributed by atoms with Crippen molar-refractivity contribution < 1.29 is 28.7 Å². The number of anilines is 2. The zero-order valence-electron chi connectivity index (χ0n) is 21.2. The van der Waals surface area contributed by atoms with Crippen molar-refractivity contribution in [3.63, 3.8) is 0 Å². The lowest BCUT2D eigenvalue weighted by Gasteiger charge is -2.35. The number of carbonyl (C=O) groups excluding carboxylic acids is 4. The van der Waals surface area contributed by atoms with E-state index < -0.39 is 23.6 Å². The fourth-order valence-electron chi connectivity index (χ4n) is 5.37. The molecule has 10 nitrogen and oxygen atoms in total. The molecule has 6 rings (SSSR count). The Bertz CT molecular complexity index is 1530. The van der Waals surface area contributed by atoms with Crippen LogP contribution >= 0.6 is 11.6 Å². The number of likely N-dealkylation sites (tertiary alicyclic amines) is 1. The SMILES string of the molecule is O=C1COc2cc(C(=O)NC(Cc3ccccc3)C(=O)N3CCC4(C3)OC(=O)Nc3ccc(Cl)cc34)ccc2N1. The highest BCUT2D eigenvalue weighted by Gasteiger charge is 2.49. The average Bonchev–Trinajstić information content (AvgIpc) is 3.37. The van der Waals surface area contributed by atoms with E-state index in [1.165, 1.54) is 6.07 Å². The maximum Gasteiger partial charge on any atom is 0.412 e. The molecule has 40 heavy (non-hydrogen) atoms. The van der Waals surface area contributed by atoms with Gasteiger partial charge in [0, 0.05) is 35.5 Å². The first-order valence-corrected chi connectivity index (χ1v) is 13.2. The molecule has 3 aliphatic rings. The van der Waals surface area contributed by atoms with Crippen molar-refractivity contribution in [2.24, 2.45) is 0 Å². The van der Waals surface area contributed by atoms with Crippen LogP contribution in [0.3, 0.4) is 0 Å².